The van der Waals surface area contributed by atoms with Gasteiger partial charge < -0.3 is 15.4 Å². The highest BCUT2D eigenvalue weighted by Crippen LogP contribution is 2.17. The van der Waals surface area contributed by atoms with Crippen LogP contribution in [0.4, 0.5) is 0 Å². The molecule has 1 aliphatic heterocycles. The number of nitrogens with two attached hydrogens (primary N) is 1. The number of carbonyl (C=O) groups excluding carboxylic acids is 2. The molecule has 1 aromatic carbocycles. The second-order valence-corrected chi connectivity index (χ2v) is 5.92. The molecule has 0 bridgehead atoms. The molecule has 2 N–H and O–H groups in total. The summed E-state index contributed by atoms with van der Waals surface area (Å²) in [5.41, 5.74) is 6.54. The van der Waals surface area contributed by atoms with Gasteiger partial charge in [0.2, 0.25) is 11.8 Å². The zero-order valence-electron chi connectivity index (χ0n) is 13.5. The van der Waals surface area contributed by atoms with Crippen molar-refractivity contribution in [1.82, 2.24) is 4.90 Å². The molecule has 1 aliphatic rings. The van der Waals surface area contributed by atoms with Crippen LogP contribution in [0.3, 0.4) is 0 Å². The molecule has 5 heteroatoms. The summed E-state index contributed by atoms with van der Waals surface area (Å²) in [6.07, 6.45) is 6.64. The van der Waals surface area contributed by atoms with Gasteiger partial charge in [-0.25, -0.2) is 0 Å². The Morgan fingerprint density at radius 1 is 1.30 bits per heavy atom. The largest absolute Gasteiger partial charge is 0.384 e. The molecule has 1 unspecified atom stereocenters. The van der Waals surface area contributed by atoms with E-state index in [0.717, 1.165) is 37.9 Å². The molecular formula is C18H24N2O3. The number of amides is 2. The normalized spacial score (nSPS) is 18.8. The van der Waals surface area contributed by atoms with Gasteiger partial charge in [-0.2, -0.15) is 0 Å². The lowest BCUT2D eigenvalue weighted by Crippen LogP contribution is -2.34. The van der Waals surface area contributed by atoms with E-state index in [1.54, 1.807) is 43.5 Å². The fourth-order valence-electron chi connectivity index (χ4n) is 2.83. The van der Waals surface area contributed by atoms with Crippen molar-refractivity contribution < 1.29 is 14.3 Å². The van der Waals surface area contributed by atoms with Gasteiger partial charge in [0.15, 0.2) is 0 Å². The Balaban J connectivity index is 1.97. The van der Waals surface area contributed by atoms with Crippen molar-refractivity contribution in [3.8, 4) is 0 Å². The minimum atomic E-state index is -0.453. The molecule has 124 valence electrons. The number of carbonyl (C=O) groups is 2. The van der Waals surface area contributed by atoms with Crippen LogP contribution in [0.2, 0.25) is 0 Å². The van der Waals surface area contributed by atoms with Gasteiger partial charge >= 0.3 is 0 Å². The highest BCUT2D eigenvalue weighted by molar-refractivity contribution is 5.94. The van der Waals surface area contributed by atoms with Crippen molar-refractivity contribution in [2.24, 2.45) is 11.7 Å². The first-order valence-corrected chi connectivity index (χ1v) is 7.96. The Morgan fingerprint density at radius 2 is 2.04 bits per heavy atom. The van der Waals surface area contributed by atoms with E-state index in [1.807, 2.05) is 4.90 Å². The van der Waals surface area contributed by atoms with Gasteiger partial charge in [-0.3, -0.25) is 9.59 Å². The number of hydrogen-bond acceptors (Lipinski definition) is 3. The molecule has 1 aromatic rings. The lowest BCUT2D eigenvalue weighted by Gasteiger charge is -2.22. The predicted molar refractivity (Wildman–Crippen MR) is 89.8 cm³/mol. The smallest absolute Gasteiger partial charge is 0.248 e. The number of likely N-dealkylation sites (tertiary alicyclic amines) is 1. The zero-order valence-corrected chi connectivity index (χ0v) is 13.5. The molecule has 5 nitrogen and oxygen atoms in total. The second kappa shape index (κ2) is 8.48. The van der Waals surface area contributed by atoms with E-state index in [-0.39, 0.29) is 5.91 Å². The molecule has 1 atom stereocenters. The first-order valence-electron chi connectivity index (χ1n) is 7.96. The van der Waals surface area contributed by atoms with Crippen LogP contribution in [0.1, 0.15) is 35.2 Å². The van der Waals surface area contributed by atoms with Crippen molar-refractivity contribution in [2.75, 3.05) is 26.8 Å². The van der Waals surface area contributed by atoms with Crippen molar-refractivity contribution in [1.29, 1.82) is 0 Å². The summed E-state index contributed by atoms with van der Waals surface area (Å²) in [6.45, 7) is 2.24. The van der Waals surface area contributed by atoms with Crippen LogP contribution >= 0.6 is 0 Å². The first kappa shape index (κ1) is 17.2. The number of rotatable bonds is 5. The van der Waals surface area contributed by atoms with Crippen LogP contribution < -0.4 is 5.73 Å². The maximum absolute atomic E-state index is 12.4. The minimum Gasteiger partial charge on any atom is -0.384 e. The molecule has 0 aliphatic carbocycles. The molecule has 2 rings (SSSR count). The molecule has 1 saturated heterocycles. The summed E-state index contributed by atoms with van der Waals surface area (Å²) in [6, 6.07) is 6.88. The van der Waals surface area contributed by atoms with E-state index in [2.05, 4.69) is 0 Å². The number of primary amides is 1. The topological polar surface area (TPSA) is 72.6 Å². The molecule has 0 aromatic heterocycles. The quantitative estimate of drug-likeness (QED) is 0.845. The molecule has 0 radical (unpaired) electrons. The second-order valence-electron chi connectivity index (χ2n) is 5.92. The lowest BCUT2D eigenvalue weighted by molar-refractivity contribution is -0.126. The molecule has 2 amide bonds. The number of methoxy groups -OCH3 is 1. The van der Waals surface area contributed by atoms with Gasteiger partial charge in [-0.15, -0.1) is 0 Å². The van der Waals surface area contributed by atoms with Gasteiger partial charge in [0.1, 0.15) is 0 Å². The Hall–Kier alpha value is -2.14. The molecule has 0 spiro atoms. The van der Waals surface area contributed by atoms with Gasteiger partial charge in [0, 0.05) is 31.8 Å². The van der Waals surface area contributed by atoms with Gasteiger partial charge in [0.25, 0.3) is 0 Å². The summed E-state index contributed by atoms with van der Waals surface area (Å²) in [4.78, 5) is 25.3. The van der Waals surface area contributed by atoms with E-state index in [0.29, 0.717) is 18.1 Å². The molecular weight excluding hydrogens is 292 g/mol. The van der Waals surface area contributed by atoms with Crippen LogP contribution in [0.5, 0.6) is 0 Å². The monoisotopic (exact) mass is 316 g/mol. The highest BCUT2D eigenvalue weighted by atomic mass is 16.5. The maximum Gasteiger partial charge on any atom is 0.248 e. The Bertz CT molecular complexity index is 566. The number of ether oxygens (including phenoxy) is 1. The van der Waals surface area contributed by atoms with Gasteiger partial charge in [-0.05, 0) is 42.5 Å². The van der Waals surface area contributed by atoms with E-state index < -0.39 is 5.91 Å². The third-order valence-electron chi connectivity index (χ3n) is 4.10. The van der Waals surface area contributed by atoms with Crippen molar-refractivity contribution in [3.63, 3.8) is 0 Å². The zero-order chi connectivity index (χ0) is 16.7. The number of hydrogen-bond donors (Lipinski definition) is 1. The fourth-order valence-corrected chi connectivity index (χ4v) is 2.83. The predicted octanol–water partition coefficient (Wildman–Crippen LogP) is 2.07. The Kier molecular flexibility index (Phi) is 6.35. The van der Waals surface area contributed by atoms with E-state index in [9.17, 15) is 9.59 Å². The van der Waals surface area contributed by atoms with Crippen molar-refractivity contribution in [2.45, 2.75) is 19.3 Å². The van der Waals surface area contributed by atoms with Crippen LogP contribution in [0.25, 0.3) is 6.08 Å². The lowest BCUT2D eigenvalue weighted by atomic mass is 10.0. The molecule has 1 heterocycles. The molecule has 1 fully saturated rings. The van der Waals surface area contributed by atoms with Crippen molar-refractivity contribution >= 4 is 17.9 Å². The highest BCUT2D eigenvalue weighted by Gasteiger charge is 2.20. The summed E-state index contributed by atoms with van der Waals surface area (Å²) in [5, 5.41) is 0. The number of nitrogens with zero attached hydrogens (tertiary/aromatic N) is 1. The summed E-state index contributed by atoms with van der Waals surface area (Å²) < 4.78 is 5.23. The fraction of sp³-hybridized carbons (Fsp3) is 0.444. The third kappa shape index (κ3) is 5.21. The molecule has 23 heavy (non-hydrogen) atoms. The van der Waals surface area contributed by atoms with E-state index in [1.165, 1.54) is 0 Å². The van der Waals surface area contributed by atoms with Gasteiger partial charge in [0.05, 0.1) is 6.61 Å². The SMILES string of the molecule is COCC1CCCCN(C(=O)/C=C/c2ccc(C(N)=O)cc2)C1. The van der Waals surface area contributed by atoms with E-state index >= 15 is 0 Å². The maximum atomic E-state index is 12.4. The minimum absolute atomic E-state index is 0.0204. The Morgan fingerprint density at radius 3 is 2.70 bits per heavy atom. The summed E-state index contributed by atoms with van der Waals surface area (Å²) in [7, 11) is 1.70. The van der Waals surface area contributed by atoms with Crippen molar-refractivity contribution in [3.05, 3.63) is 41.5 Å². The summed E-state index contributed by atoms with van der Waals surface area (Å²) in [5.74, 6) is -0.0213. The average Bonchev–Trinajstić information content (AvgIpc) is 2.79. The third-order valence-corrected chi connectivity index (χ3v) is 4.10. The van der Waals surface area contributed by atoms with Gasteiger partial charge in [-0.1, -0.05) is 18.6 Å². The standard InChI is InChI=1S/C18H24N2O3/c1-23-13-15-4-2-3-11-20(12-15)17(21)10-7-14-5-8-16(9-6-14)18(19)22/h5-10,15H,2-4,11-13H2,1H3,(H2,19,22)/b10-7+. The Labute approximate surface area is 137 Å². The number of benzene rings is 1. The van der Waals surface area contributed by atoms with Crippen LogP contribution in [0, 0.1) is 5.92 Å². The van der Waals surface area contributed by atoms with E-state index in [4.69, 9.17) is 10.5 Å². The summed E-state index contributed by atoms with van der Waals surface area (Å²) >= 11 is 0. The van der Waals surface area contributed by atoms with Crippen LogP contribution in [-0.4, -0.2) is 43.5 Å². The molecule has 0 saturated carbocycles. The van der Waals surface area contributed by atoms with Crippen LogP contribution in [0.15, 0.2) is 30.3 Å². The average molecular weight is 316 g/mol. The first-order chi connectivity index (χ1) is 11.1. The van der Waals surface area contributed by atoms with Crippen LogP contribution in [-0.2, 0) is 9.53 Å².